The van der Waals surface area contributed by atoms with E-state index in [1.165, 1.54) is 11.3 Å². The van der Waals surface area contributed by atoms with E-state index in [9.17, 15) is 9.59 Å². The molecule has 2 heterocycles. The monoisotopic (exact) mass is 802 g/mol. The molecule has 0 saturated heterocycles. The van der Waals surface area contributed by atoms with E-state index in [0.717, 1.165) is 23.8 Å². The minimum Gasteiger partial charge on any atom is -0.497 e. The number of rotatable bonds is 8. The number of carbonyl (C=O) groups excluding carboxylic acids is 1. The van der Waals surface area contributed by atoms with Crippen molar-refractivity contribution in [3.05, 3.63) is 116 Å². The predicted octanol–water partition coefficient (Wildman–Crippen LogP) is 5.17. The quantitative estimate of drug-likeness (QED) is 0.140. The van der Waals surface area contributed by atoms with Gasteiger partial charge in [0, 0.05) is 14.7 Å². The zero-order valence-corrected chi connectivity index (χ0v) is 27.7. The fraction of sp³-hybridized carbons (Fsp3) is 0.156. The Morgan fingerprint density at radius 1 is 1.14 bits per heavy atom. The van der Waals surface area contributed by atoms with Crippen LogP contribution in [-0.4, -0.2) is 30.9 Å². The Morgan fingerprint density at radius 3 is 2.55 bits per heavy atom. The molecule has 0 unspecified atom stereocenters. The molecule has 0 fully saturated rings. The van der Waals surface area contributed by atoms with Gasteiger partial charge in [-0.15, -0.1) is 6.42 Å². The molecule has 4 aromatic rings. The van der Waals surface area contributed by atoms with Crippen molar-refractivity contribution in [2.45, 2.75) is 13.0 Å². The second kappa shape index (κ2) is 13.3. The van der Waals surface area contributed by atoms with Gasteiger partial charge in [0.1, 0.15) is 18.1 Å². The molecule has 212 valence electrons. The Balaban J connectivity index is 1.82. The van der Waals surface area contributed by atoms with Crippen LogP contribution in [0.2, 0.25) is 0 Å². The minimum absolute atomic E-state index is 0.0967. The lowest BCUT2D eigenvalue weighted by atomic mass is 9.93. The third kappa shape index (κ3) is 6.04. The molecule has 7 nitrogen and oxygen atoms in total. The van der Waals surface area contributed by atoms with Crippen LogP contribution in [0.25, 0.3) is 11.8 Å². The first kappa shape index (κ1) is 30.1. The first-order chi connectivity index (χ1) is 20.4. The first-order valence-corrected chi connectivity index (χ1v) is 15.8. The number of terminal acetylenes is 1. The normalized spacial score (nSPS) is 14.5. The van der Waals surface area contributed by atoms with Crippen molar-refractivity contribution < 1.29 is 19.0 Å². The maximum absolute atomic E-state index is 14.2. The molecule has 42 heavy (non-hydrogen) atoms. The van der Waals surface area contributed by atoms with E-state index in [-0.39, 0.29) is 24.3 Å². The molecule has 5 rings (SSSR count). The summed E-state index contributed by atoms with van der Waals surface area (Å²) >= 11 is 5.68. The van der Waals surface area contributed by atoms with Crippen LogP contribution < -0.4 is 24.4 Å². The number of aromatic nitrogens is 1. The lowest BCUT2D eigenvalue weighted by Gasteiger charge is -2.26. The van der Waals surface area contributed by atoms with Crippen LogP contribution >= 0.6 is 56.5 Å². The highest BCUT2D eigenvalue weighted by atomic mass is 127. The summed E-state index contributed by atoms with van der Waals surface area (Å²) in [4.78, 5) is 33.2. The number of methoxy groups -OCH3 is 1. The highest BCUT2D eigenvalue weighted by Crippen LogP contribution is 2.36. The van der Waals surface area contributed by atoms with Gasteiger partial charge in [0.25, 0.3) is 5.56 Å². The second-order valence-electron chi connectivity index (χ2n) is 9.00. The first-order valence-electron chi connectivity index (χ1n) is 12.8. The van der Waals surface area contributed by atoms with Gasteiger partial charge in [-0.2, -0.15) is 0 Å². The molecule has 10 heteroatoms. The average molecular weight is 802 g/mol. The van der Waals surface area contributed by atoms with E-state index in [2.05, 4.69) is 51.1 Å². The van der Waals surface area contributed by atoms with E-state index in [0.29, 0.717) is 26.5 Å². The fourth-order valence-corrected chi connectivity index (χ4v) is 7.67. The molecule has 0 saturated carbocycles. The predicted molar refractivity (Wildman–Crippen MR) is 180 cm³/mol. The third-order valence-electron chi connectivity index (χ3n) is 6.43. The van der Waals surface area contributed by atoms with Gasteiger partial charge >= 0.3 is 5.97 Å². The summed E-state index contributed by atoms with van der Waals surface area (Å²) in [6.07, 6.45) is 7.25. The highest BCUT2D eigenvalue weighted by molar-refractivity contribution is 14.1. The number of benzene rings is 3. The smallest absolute Gasteiger partial charge is 0.338 e. The highest BCUT2D eigenvalue weighted by Gasteiger charge is 2.35. The Kier molecular flexibility index (Phi) is 9.50. The number of carbonyl (C=O) groups is 1. The summed E-state index contributed by atoms with van der Waals surface area (Å²) in [6, 6.07) is 19.9. The number of fused-ring (bicyclic) bond motifs is 1. The molecule has 0 radical (unpaired) electrons. The summed E-state index contributed by atoms with van der Waals surface area (Å²) < 4.78 is 20.6. The molecule has 0 bridgehead atoms. The number of halogens is 2. The van der Waals surface area contributed by atoms with E-state index < -0.39 is 12.0 Å². The molecule has 1 aliphatic rings. The average Bonchev–Trinajstić information content (AvgIpc) is 3.30. The van der Waals surface area contributed by atoms with Crippen LogP contribution in [0.15, 0.2) is 82.1 Å². The van der Waals surface area contributed by atoms with E-state index >= 15 is 0 Å². The van der Waals surface area contributed by atoms with Crippen LogP contribution in [0.4, 0.5) is 0 Å². The van der Waals surface area contributed by atoms with Crippen molar-refractivity contribution >= 4 is 74.3 Å². The topological polar surface area (TPSA) is 79.1 Å². The van der Waals surface area contributed by atoms with Crippen molar-refractivity contribution in [1.82, 2.24) is 4.57 Å². The number of ether oxygens (including phenoxy) is 3. The summed E-state index contributed by atoms with van der Waals surface area (Å²) in [5.74, 6) is 3.22. The van der Waals surface area contributed by atoms with Crippen LogP contribution in [0.3, 0.4) is 0 Å². The summed E-state index contributed by atoms with van der Waals surface area (Å²) in [5.41, 5.74) is 2.65. The van der Waals surface area contributed by atoms with Crippen LogP contribution in [0.5, 0.6) is 11.5 Å². The fourth-order valence-electron chi connectivity index (χ4n) is 4.64. The lowest BCUT2D eigenvalue weighted by molar-refractivity contribution is -0.138. The van der Waals surface area contributed by atoms with Gasteiger partial charge in [-0.1, -0.05) is 59.7 Å². The summed E-state index contributed by atoms with van der Waals surface area (Å²) in [7, 11) is 1.59. The maximum Gasteiger partial charge on any atom is 0.338 e. The SMILES string of the molecule is C#CCOc1c(I)cc(I)cc1/C=c1\sc2n(c1=O)[C@@H](c1ccc(OC)cc1)C(C(=O)OCC)=C(c1ccccc1)N=2. The van der Waals surface area contributed by atoms with Crippen molar-refractivity contribution in [3.63, 3.8) is 0 Å². The number of nitrogens with zero attached hydrogens (tertiary/aromatic N) is 2. The zero-order chi connectivity index (χ0) is 29.8. The van der Waals surface area contributed by atoms with E-state index in [1.54, 1.807) is 36.8 Å². The molecule has 0 N–H and O–H groups in total. The van der Waals surface area contributed by atoms with E-state index in [4.69, 9.17) is 25.6 Å². The van der Waals surface area contributed by atoms with Gasteiger partial charge in [-0.3, -0.25) is 9.36 Å². The van der Waals surface area contributed by atoms with Crippen molar-refractivity contribution in [3.8, 4) is 23.8 Å². The van der Waals surface area contributed by atoms with Crippen molar-refractivity contribution in [1.29, 1.82) is 0 Å². The molecule has 1 atom stereocenters. The molecular formula is C32H24I2N2O5S. The minimum atomic E-state index is -0.781. The third-order valence-corrected chi connectivity index (χ3v) is 8.84. The molecule has 1 aromatic heterocycles. The summed E-state index contributed by atoms with van der Waals surface area (Å²) in [5, 5.41) is 0. The molecule has 0 aliphatic carbocycles. The number of hydrogen-bond donors (Lipinski definition) is 0. The maximum atomic E-state index is 14.2. The summed E-state index contributed by atoms with van der Waals surface area (Å²) in [6.45, 7) is 2.02. The molecule has 0 spiro atoms. The van der Waals surface area contributed by atoms with Gasteiger partial charge in [0.05, 0.1) is 39.1 Å². The molecular weight excluding hydrogens is 778 g/mol. The number of esters is 1. The van der Waals surface area contributed by atoms with Gasteiger partial charge in [0.2, 0.25) is 0 Å². The van der Waals surface area contributed by atoms with Gasteiger partial charge < -0.3 is 14.2 Å². The largest absolute Gasteiger partial charge is 0.497 e. The molecule has 0 amide bonds. The van der Waals surface area contributed by atoms with Crippen molar-refractivity contribution in [2.75, 3.05) is 20.3 Å². The molecule has 1 aliphatic heterocycles. The number of hydrogen-bond acceptors (Lipinski definition) is 7. The Hall–Kier alpha value is -3.41. The van der Waals surface area contributed by atoms with Crippen LogP contribution in [0, 0.1) is 19.5 Å². The number of thiazole rings is 1. The lowest BCUT2D eigenvalue weighted by Crippen LogP contribution is -2.40. The molecule has 3 aromatic carbocycles. The van der Waals surface area contributed by atoms with Crippen LogP contribution in [0.1, 0.15) is 29.7 Å². The van der Waals surface area contributed by atoms with Gasteiger partial charge in [-0.05, 0) is 88.0 Å². The Labute approximate surface area is 273 Å². The second-order valence-corrected chi connectivity index (χ2v) is 12.4. The van der Waals surface area contributed by atoms with Crippen LogP contribution in [-0.2, 0) is 9.53 Å². The Bertz CT molecular complexity index is 1910. The van der Waals surface area contributed by atoms with Gasteiger partial charge in [0.15, 0.2) is 4.80 Å². The van der Waals surface area contributed by atoms with E-state index in [1.807, 2.05) is 54.6 Å². The Morgan fingerprint density at radius 2 is 1.88 bits per heavy atom. The standard InChI is InChI=1S/C32H24I2N2O5S/c1-4-15-41-29-21(16-22(33)18-24(29)34)17-25-30(37)36-28(20-11-13-23(39-3)14-12-20)26(31(38)40-5-2)27(35-32(36)42-25)19-9-7-6-8-10-19/h1,6-14,16-18,28H,5,15H2,2-3H3/b25-17-/t28-/m0/s1. The van der Waals surface area contributed by atoms with Gasteiger partial charge in [-0.25, -0.2) is 9.79 Å². The zero-order valence-electron chi connectivity index (χ0n) is 22.6. The van der Waals surface area contributed by atoms with Crippen molar-refractivity contribution in [2.24, 2.45) is 4.99 Å².